The van der Waals surface area contributed by atoms with Crippen molar-refractivity contribution in [3.8, 4) is 0 Å². The van der Waals surface area contributed by atoms with E-state index in [0.717, 1.165) is 36.0 Å². The fourth-order valence-corrected chi connectivity index (χ4v) is 3.10. The predicted octanol–water partition coefficient (Wildman–Crippen LogP) is 2.50. The number of hydrogen-bond acceptors (Lipinski definition) is 2. The topological polar surface area (TPSA) is 49.3 Å². The zero-order chi connectivity index (χ0) is 14.0. The van der Waals surface area contributed by atoms with E-state index in [2.05, 4.69) is 5.32 Å². The maximum Gasteiger partial charge on any atom is 0.251 e. The molecule has 0 heterocycles. The summed E-state index contributed by atoms with van der Waals surface area (Å²) >= 11 is 0. The molecule has 1 fully saturated rings. The molecule has 1 aromatic rings. The molecule has 104 valence electrons. The maximum atomic E-state index is 12.3. The summed E-state index contributed by atoms with van der Waals surface area (Å²) in [4.78, 5) is 12.3. The van der Waals surface area contributed by atoms with Gasteiger partial charge in [-0.05, 0) is 57.1 Å². The molecule has 1 aliphatic rings. The second-order valence-electron chi connectivity index (χ2n) is 5.82. The van der Waals surface area contributed by atoms with E-state index in [9.17, 15) is 9.90 Å². The molecule has 3 nitrogen and oxygen atoms in total. The number of carbonyl (C=O) groups is 1. The Balaban J connectivity index is 2.00. The van der Waals surface area contributed by atoms with Crippen LogP contribution >= 0.6 is 0 Å². The normalized spacial score (nSPS) is 22.5. The molecular weight excluding hydrogens is 238 g/mol. The molecule has 1 aromatic carbocycles. The molecular formula is C16H23NO2. The first-order chi connectivity index (χ1) is 8.97. The van der Waals surface area contributed by atoms with Gasteiger partial charge in [0.1, 0.15) is 0 Å². The van der Waals surface area contributed by atoms with Gasteiger partial charge in [-0.25, -0.2) is 0 Å². The van der Waals surface area contributed by atoms with Crippen molar-refractivity contribution in [3.05, 3.63) is 34.4 Å². The zero-order valence-corrected chi connectivity index (χ0v) is 12.0. The molecule has 2 N–H and O–H groups in total. The highest BCUT2D eigenvalue weighted by atomic mass is 16.3. The van der Waals surface area contributed by atoms with Crippen molar-refractivity contribution < 1.29 is 9.90 Å². The summed E-state index contributed by atoms with van der Waals surface area (Å²) in [5, 5.41) is 12.5. The van der Waals surface area contributed by atoms with E-state index in [1.807, 2.05) is 32.9 Å². The molecule has 0 aromatic heterocycles. The van der Waals surface area contributed by atoms with Crippen LogP contribution < -0.4 is 5.32 Å². The second kappa shape index (κ2) is 5.74. The Morgan fingerprint density at radius 1 is 1.26 bits per heavy atom. The van der Waals surface area contributed by atoms with Crippen molar-refractivity contribution in [3.63, 3.8) is 0 Å². The molecule has 0 bridgehead atoms. The molecule has 2 unspecified atom stereocenters. The summed E-state index contributed by atoms with van der Waals surface area (Å²) in [7, 11) is 0. The van der Waals surface area contributed by atoms with Gasteiger partial charge in [0.25, 0.3) is 5.91 Å². The Morgan fingerprint density at radius 2 is 1.89 bits per heavy atom. The summed E-state index contributed by atoms with van der Waals surface area (Å²) < 4.78 is 0. The van der Waals surface area contributed by atoms with Gasteiger partial charge < -0.3 is 10.4 Å². The van der Waals surface area contributed by atoms with E-state index in [4.69, 9.17) is 0 Å². The molecule has 2 atom stereocenters. The number of rotatable bonds is 3. The molecule has 3 heteroatoms. The van der Waals surface area contributed by atoms with Crippen LogP contribution in [-0.4, -0.2) is 23.7 Å². The number of carbonyl (C=O) groups excluding carboxylic acids is 1. The predicted molar refractivity (Wildman–Crippen MR) is 76.3 cm³/mol. The molecule has 1 amide bonds. The number of aliphatic hydroxyl groups excluding tert-OH is 1. The highest BCUT2D eigenvalue weighted by Gasteiger charge is 2.23. The van der Waals surface area contributed by atoms with Gasteiger partial charge in [0.2, 0.25) is 0 Å². The lowest BCUT2D eigenvalue weighted by molar-refractivity contribution is 0.0944. The van der Waals surface area contributed by atoms with Crippen LogP contribution in [0.3, 0.4) is 0 Å². The molecule has 1 aliphatic carbocycles. The number of aliphatic hydroxyl groups is 1. The van der Waals surface area contributed by atoms with Crippen molar-refractivity contribution in [2.45, 2.75) is 46.1 Å². The smallest absolute Gasteiger partial charge is 0.251 e. The third-order valence-electron chi connectivity index (χ3n) is 3.97. The Bertz CT molecular complexity index is 459. The lowest BCUT2D eigenvalue weighted by Crippen LogP contribution is -2.29. The van der Waals surface area contributed by atoms with Crippen molar-refractivity contribution in [2.24, 2.45) is 5.92 Å². The third-order valence-corrected chi connectivity index (χ3v) is 3.97. The van der Waals surface area contributed by atoms with Crippen LogP contribution in [0.5, 0.6) is 0 Å². The monoisotopic (exact) mass is 261 g/mol. The van der Waals surface area contributed by atoms with Crippen LogP contribution in [0.4, 0.5) is 0 Å². The van der Waals surface area contributed by atoms with Crippen LogP contribution in [0, 0.1) is 26.7 Å². The average Bonchev–Trinajstić information content (AvgIpc) is 2.71. The largest absolute Gasteiger partial charge is 0.393 e. The zero-order valence-electron chi connectivity index (χ0n) is 12.0. The minimum atomic E-state index is -0.176. The quantitative estimate of drug-likeness (QED) is 0.878. The number of aryl methyl sites for hydroxylation is 3. The summed E-state index contributed by atoms with van der Waals surface area (Å²) in [6.07, 6.45) is 2.51. The van der Waals surface area contributed by atoms with Crippen molar-refractivity contribution >= 4 is 5.91 Å². The van der Waals surface area contributed by atoms with Crippen molar-refractivity contribution in [1.29, 1.82) is 0 Å². The number of nitrogens with one attached hydrogen (secondary N) is 1. The molecule has 19 heavy (non-hydrogen) atoms. The van der Waals surface area contributed by atoms with Crippen LogP contribution in [0.2, 0.25) is 0 Å². The van der Waals surface area contributed by atoms with Gasteiger partial charge in [-0.15, -0.1) is 0 Å². The third kappa shape index (κ3) is 3.35. The Morgan fingerprint density at radius 3 is 2.42 bits per heavy atom. The minimum absolute atomic E-state index is 0.0105. The molecule has 0 spiro atoms. The number of benzene rings is 1. The van der Waals surface area contributed by atoms with Crippen LogP contribution in [-0.2, 0) is 0 Å². The minimum Gasteiger partial charge on any atom is -0.393 e. The standard InChI is InChI=1S/C16H23NO2/c1-10-6-11(2)15(12(3)7-10)16(19)17-9-13-4-5-14(18)8-13/h6-7,13-14,18H,4-5,8-9H2,1-3H3,(H,17,19). The van der Waals surface area contributed by atoms with E-state index in [1.54, 1.807) is 0 Å². The summed E-state index contributed by atoms with van der Waals surface area (Å²) in [5.74, 6) is 0.432. The van der Waals surface area contributed by atoms with E-state index >= 15 is 0 Å². The Hall–Kier alpha value is -1.35. The molecule has 0 radical (unpaired) electrons. The summed E-state index contributed by atoms with van der Waals surface area (Å²) in [5.41, 5.74) is 4.04. The van der Waals surface area contributed by atoms with Gasteiger partial charge in [0, 0.05) is 12.1 Å². The van der Waals surface area contributed by atoms with E-state index in [0.29, 0.717) is 12.5 Å². The highest BCUT2D eigenvalue weighted by molar-refractivity contribution is 5.97. The van der Waals surface area contributed by atoms with E-state index in [1.165, 1.54) is 5.56 Å². The first-order valence-corrected chi connectivity index (χ1v) is 7.01. The highest BCUT2D eigenvalue weighted by Crippen LogP contribution is 2.24. The van der Waals surface area contributed by atoms with Gasteiger partial charge in [0.05, 0.1) is 6.10 Å². The lowest BCUT2D eigenvalue weighted by Gasteiger charge is -2.14. The van der Waals surface area contributed by atoms with Gasteiger partial charge in [0.15, 0.2) is 0 Å². The fourth-order valence-electron chi connectivity index (χ4n) is 3.10. The maximum absolute atomic E-state index is 12.3. The lowest BCUT2D eigenvalue weighted by atomic mass is 9.99. The molecule has 0 aliphatic heterocycles. The molecule has 1 saturated carbocycles. The summed E-state index contributed by atoms with van der Waals surface area (Å²) in [6.45, 7) is 6.67. The van der Waals surface area contributed by atoms with Crippen LogP contribution in [0.1, 0.15) is 46.3 Å². The second-order valence-corrected chi connectivity index (χ2v) is 5.82. The van der Waals surface area contributed by atoms with Gasteiger partial charge in [-0.2, -0.15) is 0 Å². The first-order valence-electron chi connectivity index (χ1n) is 7.01. The molecule has 0 saturated heterocycles. The summed E-state index contributed by atoms with van der Waals surface area (Å²) in [6, 6.07) is 4.09. The average molecular weight is 261 g/mol. The van der Waals surface area contributed by atoms with Gasteiger partial charge >= 0.3 is 0 Å². The molecule has 2 rings (SSSR count). The SMILES string of the molecule is Cc1cc(C)c(C(=O)NCC2CCC(O)C2)c(C)c1. The van der Waals surface area contributed by atoms with Crippen LogP contribution in [0.15, 0.2) is 12.1 Å². The van der Waals surface area contributed by atoms with E-state index < -0.39 is 0 Å². The first kappa shape index (κ1) is 14.1. The Labute approximate surface area is 115 Å². The van der Waals surface area contributed by atoms with Crippen molar-refractivity contribution in [1.82, 2.24) is 5.32 Å². The fraction of sp³-hybridized carbons (Fsp3) is 0.562. The van der Waals surface area contributed by atoms with Crippen molar-refractivity contribution in [2.75, 3.05) is 6.54 Å². The van der Waals surface area contributed by atoms with E-state index in [-0.39, 0.29) is 12.0 Å². The number of amides is 1. The van der Waals surface area contributed by atoms with Gasteiger partial charge in [-0.3, -0.25) is 4.79 Å². The van der Waals surface area contributed by atoms with Gasteiger partial charge in [-0.1, -0.05) is 17.7 Å². The Kier molecular flexibility index (Phi) is 4.25. The number of hydrogen-bond donors (Lipinski definition) is 2. The van der Waals surface area contributed by atoms with Crippen LogP contribution in [0.25, 0.3) is 0 Å².